The first-order valence-corrected chi connectivity index (χ1v) is 7.00. The number of H-pyrrole nitrogens is 1. The molecule has 1 heterocycles. The van der Waals surface area contributed by atoms with E-state index < -0.39 is 5.82 Å². The Hall–Kier alpha value is -1.65. The van der Waals surface area contributed by atoms with Crippen molar-refractivity contribution < 1.29 is 9.18 Å². The fourth-order valence-electron chi connectivity index (χ4n) is 2.12. The maximum absolute atomic E-state index is 13.8. The Labute approximate surface area is 127 Å². The average Bonchev–Trinajstić information content (AvgIpc) is 2.86. The van der Waals surface area contributed by atoms with Crippen molar-refractivity contribution in [2.24, 2.45) is 0 Å². The number of rotatable bonds is 2. The minimum absolute atomic E-state index is 0.0280. The number of hydrogen-bond donors (Lipinski definition) is 1. The van der Waals surface area contributed by atoms with Crippen molar-refractivity contribution >= 4 is 44.2 Å². The van der Waals surface area contributed by atoms with Gasteiger partial charge in [-0.05, 0) is 24.3 Å². The molecule has 0 aliphatic carbocycles. The summed E-state index contributed by atoms with van der Waals surface area (Å²) in [6, 6.07) is 9.56. The minimum Gasteiger partial charge on any atom is -0.359 e. The van der Waals surface area contributed by atoms with E-state index in [2.05, 4.69) is 20.9 Å². The molecule has 0 amide bonds. The Morgan fingerprint density at radius 2 is 2.00 bits per heavy atom. The standard InChI is InChI=1S/C15H8BrClFNO/c16-8-4-5-13(18)10(6-8)15(20)11-7-19-14-9(11)2-1-3-12(14)17/h1-7,19H. The maximum Gasteiger partial charge on any atom is 0.198 e. The Balaban J connectivity index is 2.18. The number of para-hydroxylation sites is 1. The molecule has 0 fully saturated rings. The van der Waals surface area contributed by atoms with Gasteiger partial charge in [0, 0.05) is 21.6 Å². The summed E-state index contributed by atoms with van der Waals surface area (Å²) >= 11 is 9.29. The molecule has 2 aromatic carbocycles. The smallest absolute Gasteiger partial charge is 0.198 e. The van der Waals surface area contributed by atoms with E-state index in [1.807, 2.05) is 0 Å². The largest absolute Gasteiger partial charge is 0.359 e. The second-order valence-corrected chi connectivity index (χ2v) is 5.64. The van der Waals surface area contributed by atoms with Crippen LogP contribution in [0.3, 0.4) is 0 Å². The molecular formula is C15H8BrClFNO. The number of benzene rings is 2. The summed E-state index contributed by atoms with van der Waals surface area (Å²) in [7, 11) is 0. The molecule has 0 aliphatic rings. The molecular weight excluding hydrogens is 345 g/mol. The van der Waals surface area contributed by atoms with Crippen molar-refractivity contribution in [1.82, 2.24) is 4.98 Å². The molecule has 1 aromatic heterocycles. The van der Waals surface area contributed by atoms with Gasteiger partial charge in [-0.2, -0.15) is 0 Å². The van der Waals surface area contributed by atoms with Crippen molar-refractivity contribution in [3.63, 3.8) is 0 Å². The number of aromatic nitrogens is 1. The maximum atomic E-state index is 13.8. The Bertz CT molecular complexity index is 828. The Morgan fingerprint density at radius 3 is 2.80 bits per heavy atom. The summed E-state index contributed by atoms with van der Waals surface area (Å²) in [5, 5.41) is 1.21. The Kier molecular flexibility index (Phi) is 3.36. The SMILES string of the molecule is O=C(c1cc(Br)ccc1F)c1c[nH]c2c(Cl)cccc12. The van der Waals surface area contributed by atoms with E-state index in [4.69, 9.17) is 11.6 Å². The summed E-state index contributed by atoms with van der Waals surface area (Å²) in [5.74, 6) is -0.924. The van der Waals surface area contributed by atoms with Gasteiger partial charge >= 0.3 is 0 Å². The number of fused-ring (bicyclic) bond motifs is 1. The van der Waals surface area contributed by atoms with Gasteiger partial charge in [0.05, 0.1) is 16.1 Å². The first-order chi connectivity index (χ1) is 9.58. The molecule has 100 valence electrons. The van der Waals surface area contributed by atoms with E-state index >= 15 is 0 Å². The van der Waals surface area contributed by atoms with E-state index in [9.17, 15) is 9.18 Å². The molecule has 0 atom stereocenters. The van der Waals surface area contributed by atoms with Gasteiger partial charge in [0.25, 0.3) is 0 Å². The van der Waals surface area contributed by atoms with E-state index in [1.165, 1.54) is 12.1 Å². The zero-order chi connectivity index (χ0) is 14.3. The van der Waals surface area contributed by atoms with E-state index in [-0.39, 0.29) is 11.3 Å². The predicted molar refractivity (Wildman–Crippen MR) is 80.8 cm³/mol. The van der Waals surface area contributed by atoms with Crippen LogP contribution in [0.1, 0.15) is 15.9 Å². The topological polar surface area (TPSA) is 32.9 Å². The lowest BCUT2D eigenvalue weighted by molar-refractivity contribution is 0.103. The highest BCUT2D eigenvalue weighted by Gasteiger charge is 2.18. The molecule has 0 saturated heterocycles. The van der Waals surface area contributed by atoms with E-state index in [1.54, 1.807) is 30.5 Å². The molecule has 0 saturated carbocycles. The van der Waals surface area contributed by atoms with Crippen molar-refractivity contribution in [2.45, 2.75) is 0 Å². The molecule has 0 aliphatic heterocycles. The van der Waals surface area contributed by atoms with Crippen LogP contribution in [-0.4, -0.2) is 10.8 Å². The summed E-state index contributed by atoms with van der Waals surface area (Å²) in [6.07, 6.45) is 1.55. The monoisotopic (exact) mass is 351 g/mol. The lowest BCUT2D eigenvalue weighted by atomic mass is 10.0. The van der Waals surface area contributed by atoms with Crippen LogP contribution in [0.15, 0.2) is 47.1 Å². The lowest BCUT2D eigenvalue weighted by Crippen LogP contribution is -2.03. The van der Waals surface area contributed by atoms with Gasteiger partial charge in [-0.3, -0.25) is 4.79 Å². The zero-order valence-electron chi connectivity index (χ0n) is 10.1. The van der Waals surface area contributed by atoms with Crippen LogP contribution in [0.25, 0.3) is 10.9 Å². The van der Waals surface area contributed by atoms with Crippen LogP contribution in [-0.2, 0) is 0 Å². The van der Waals surface area contributed by atoms with Crippen LogP contribution < -0.4 is 0 Å². The molecule has 0 spiro atoms. The summed E-state index contributed by atoms with van der Waals surface area (Å²) in [6.45, 7) is 0. The van der Waals surface area contributed by atoms with Gasteiger partial charge < -0.3 is 4.98 Å². The second-order valence-electron chi connectivity index (χ2n) is 4.32. The van der Waals surface area contributed by atoms with Crippen LogP contribution in [0.4, 0.5) is 4.39 Å². The van der Waals surface area contributed by atoms with Gasteiger partial charge in [-0.1, -0.05) is 39.7 Å². The van der Waals surface area contributed by atoms with Crippen molar-refractivity contribution in [3.05, 3.63) is 69.0 Å². The number of aromatic amines is 1. The van der Waals surface area contributed by atoms with Gasteiger partial charge in [-0.15, -0.1) is 0 Å². The number of carbonyl (C=O) groups is 1. The lowest BCUT2D eigenvalue weighted by Gasteiger charge is -2.03. The van der Waals surface area contributed by atoms with E-state index in [0.29, 0.717) is 26.0 Å². The van der Waals surface area contributed by atoms with Crippen LogP contribution >= 0.6 is 27.5 Å². The number of nitrogens with one attached hydrogen (secondary N) is 1. The molecule has 0 unspecified atom stereocenters. The molecule has 20 heavy (non-hydrogen) atoms. The van der Waals surface area contributed by atoms with Crippen molar-refractivity contribution in [3.8, 4) is 0 Å². The fraction of sp³-hybridized carbons (Fsp3) is 0. The highest BCUT2D eigenvalue weighted by atomic mass is 79.9. The zero-order valence-corrected chi connectivity index (χ0v) is 12.4. The van der Waals surface area contributed by atoms with Crippen molar-refractivity contribution in [1.29, 1.82) is 0 Å². The number of ketones is 1. The third kappa shape index (κ3) is 2.15. The summed E-state index contributed by atoms with van der Waals surface area (Å²) in [4.78, 5) is 15.4. The number of halogens is 3. The molecule has 3 aromatic rings. The molecule has 3 rings (SSSR count). The van der Waals surface area contributed by atoms with Crippen molar-refractivity contribution in [2.75, 3.05) is 0 Å². The highest BCUT2D eigenvalue weighted by molar-refractivity contribution is 9.10. The average molecular weight is 353 g/mol. The molecule has 1 N–H and O–H groups in total. The van der Waals surface area contributed by atoms with E-state index in [0.717, 1.165) is 0 Å². The first kappa shape index (κ1) is 13.3. The van der Waals surface area contributed by atoms with Crippen LogP contribution in [0, 0.1) is 5.82 Å². The minimum atomic E-state index is -0.547. The number of hydrogen-bond acceptors (Lipinski definition) is 1. The van der Waals surface area contributed by atoms with Crippen LogP contribution in [0.5, 0.6) is 0 Å². The quantitative estimate of drug-likeness (QED) is 0.650. The summed E-state index contributed by atoms with van der Waals surface area (Å²) < 4.78 is 14.5. The highest BCUT2D eigenvalue weighted by Crippen LogP contribution is 2.28. The van der Waals surface area contributed by atoms with Gasteiger partial charge in [-0.25, -0.2) is 4.39 Å². The Morgan fingerprint density at radius 1 is 1.20 bits per heavy atom. The summed E-state index contributed by atoms with van der Waals surface area (Å²) in [5.41, 5.74) is 1.10. The van der Waals surface area contributed by atoms with Crippen LogP contribution in [0.2, 0.25) is 5.02 Å². The molecule has 0 bridgehead atoms. The third-order valence-corrected chi connectivity index (χ3v) is 3.89. The first-order valence-electron chi connectivity index (χ1n) is 5.83. The fourth-order valence-corrected chi connectivity index (χ4v) is 2.71. The second kappa shape index (κ2) is 5.04. The third-order valence-electron chi connectivity index (χ3n) is 3.08. The van der Waals surface area contributed by atoms with Gasteiger partial charge in [0.1, 0.15) is 5.82 Å². The molecule has 5 heteroatoms. The van der Waals surface area contributed by atoms with Gasteiger partial charge in [0.15, 0.2) is 5.78 Å². The normalized spacial score (nSPS) is 10.9. The van der Waals surface area contributed by atoms with Gasteiger partial charge in [0.2, 0.25) is 0 Å². The molecule has 2 nitrogen and oxygen atoms in total. The number of carbonyl (C=O) groups excluding carboxylic acids is 1. The molecule has 0 radical (unpaired) electrons. The predicted octanol–water partition coefficient (Wildman–Crippen LogP) is 4.95.